The van der Waals surface area contributed by atoms with Crippen molar-refractivity contribution in [3.63, 3.8) is 0 Å². The van der Waals surface area contributed by atoms with E-state index in [1.807, 2.05) is 12.1 Å². The SMILES string of the molecule is COc1ccc(CC(C(=O)O)N2CON(c3cc(Cl)ccc3-n3cc(Cl)nn3)CO2)cc1. The van der Waals surface area contributed by atoms with Gasteiger partial charge in [0.1, 0.15) is 11.8 Å². The van der Waals surface area contributed by atoms with Gasteiger partial charge in [0.05, 0.1) is 24.7 Å². The number of carboxylic acids is 1. The second-order valence-corrected chi connectivity index (χ2v) is 7.66. The molecule has 1 atom stereocenters. The fourth-order valence-corrected chi connectivity index (χ4v) is 3.49. The Morgan fingerprint density at radius 1 is 1.16 bits per heavy atom. The zero-order valence-electron chi connectivity index (χ0n) is 16.9. The molecule has 1 N–H and O–H groups in total. The van der Waals surface area contributed by atoms with E-state index in [0.29, 0.717) is 22.1 Å². The summed E-state index contributed by atoms with van der Waals surface area (Å²) in [6, 6.07) is 11.3. The molecule has 168 valence electrons. The zero-order valence-corrected chi connectivity index (χ0v) is 18.4. The summed E-state index contributed by atoms with van der Waals surface area (Å²) in [5.41, 5.74) is 1.99. The predicted octanol–water partition coefficient (Wildman–Crippen LogP) is 3.18. The van der Waals surface area contributed by atoms with Crippen molar-refractivity contribution in [2.24, 2.45) is 0 Å². The Kier molecular flexibility index (Phi) is 6.77. The number of ether oxygens (including phenoxy) is 1. The van der Waals surface area contributed by atoms with Crippen molar-refractivity contribution in [1.29, 1.82) is 0 Å². The highest BCUT2D eigenvalue weighted by Crippen LogP contribution is 2.30. The minimum atomic E-state index is -1.03. The van der Waals surface area contributed by atoms with Gasteiger partial charge in [-0.05, 0) is 35.9 Å². The van der Waals surface area contributed by atoms with Crippen LogP contribution in [0, 0.1) is 0 Å². The summed E-state index contributed by atoms with van der Waals surface area (Å²) in [4.78, 5) is 23.4. The molecular formula is C20H19Cl2N5O5. The summed E-state index contributed by atoms with van der Waals surface area (Å²) in [6.45, 7) is -0.181. The molecule has 1 fully saturated rings. The van der Waals surface area contributed by atoms with E-state index in [9.17, 15) is 9.90 Å². The Morgan fingerprint density at radius 3 is 2.53 bits per heavy atom. The Hall–Kier alpha value is -2.89. The van der Waals surface area contributed by atoms with Gasteiger partial charge in [-0.3, -0.25) is 14.5 Å². The van der Waals surface area contributed by atoms with Crippen LogP contribution in [-0.2, 0) is 20.9 Å². The minimum Gasteiger partial charge on any atom is -0.497 e. The fourth-order valence-electron chi connectivity index (χ4n) is 3.20. The number of nitrogens with zero attached hydrogens (tertiary/aromatic N) is 5. The molecule has 2 aromatic carbocycles. The van der Waals surface area contributed by atoms with E-state index in [-0.39, 0.29) is 25.0 Å². The number of hydrogen-bond acceptors (Lipinski definition) is 8. The molecule has 4 rings (SSSR count). The maximum Gasteiger partial charge on any atom is 0.323 e. The number of carbonyl (C=O) groups is 1. The minimum absolute atomic E-state index is 0.0673. The first-order valence-electron chi connectivity index (χ1n) is 9.48. The lowest BCUT2D eigenvalue weighted by atomic mass is 10.1. The topological polar surface area (TPSA) is 102 Å². The molecule has 0 amide bonds. The highest BCUT2D eigenvalue weighted by Gasteiger charge is 2.32. The normalized spacial score (nSPS) is 15.5. The first kappa shape index (κ1) is 22.3. The van der Waals surface area contributed by atoms with Crippen LogP contribution in [0.15, 0.2) is 48.7 Å². The lowest BCUT2D eigenvalue weighted by molar-refractivity contribution is -0.282. The third kappa shape index (κ3) is 4.95. The van der Waals surface area contributed by atoms with Gasteiger partial charge < -0.3 is 9.84 Å². The molecule has 0 spiro atoms. The van der Waals surface area contributed by atoms with Gasteiger partial charge in [-0.2, -0.15) is 0 Å². The third-order valence-corrected chi connectivity index (χ3v) is 5.23. The summed E-state index contributed by atoms with van der Waals surface area (Å²) >= 11 is 12.1. The second kappa shape index (κ2) is 9.72. The molecule has 1 aliphatic heterocycles. The number of aliphatic carboxylic acids is 1. The second-order valence-electron chi connectivity index (χ2n) is 6.84. The van der Waals surface area contributed by atoms with E-state index in [1.165, 1.54) is 14.8 Å². The van der Waals surface area contributed by atoms with E-state index in [2.05, 4.69) is 10.3 Å². The number of rotatable bonds is 7. The van der Waals surface area contributed by atoms with Crippen LogP contribution in [0.1, 0.15) is 5.56 Å². The van der Waals surface area contributed by atoms with E-state index in [0.717, 1.165) is 5.56 Å². The third-order valence-electron chi connectivity index (χ3n) is 4.82. The molecule has 2 heterocycles. The van der Waals surface area contributed by atoms with E-state index < -0.39 is 12.0 Å². The summed E-state index contributed by atoms with van der Waals surface area (Å²) < 4.78 is 6.62. The van der Waals surface area contributed by atoms with E-state index in [4.69, 9.17) is 37.6 Å². The van der Waals surface area contributed by atoms with Gasteiger partial charge in [-0.15, -0.1) is 10.2 Å². The summed E-state index contributed by atoms with van der Waals surface area (Å²) in [5, 5.41) is 20.9. The van der Waals surface area contributed by atoms with Crippen molar-refractivity contribution in [3.05, 3.63) is 64.4 Å². The van der Waals surface area contributed by atoms with Crippen molar-refractivity contribution in [2.45, 2.75) is 12.5 Å². The van der Waals surface area contributed by atoms with Gasteiger partial charge in [-0.25, -0.2) is 9.75 Å². The lowest BCUT2D eigenvalue weighted by Gasteiger charge is -2.37. The molecular weight excluding hydrogens is 461 g/mol. The Bertz CT molecular complexity index is 1090. The van der Waals surface area contributed by atoms with Crippen LogP contribution in [-0.4, -0.2) is 57.7 Å². The summed E-state index contributed by atoms with van der Waals surface area (Å²) in [6.07, 6.45) is 1.77. The predicted molar refractivity (Wildman–Crippen MR) is 116 cm³/mol. The quantitative estimate of drug-likeness (QED) is 0.546. The van der Waals surface area contributed by atoms with E-state index in [1.54, 1.807) is 43.6 Å². The van der Waals surface area contributed by atoms with Crippen LogP contribution in [0.5, 0.6) is 5.75 Å². The Morgan fingerprint density at radius 2 is 1.94 bits per heavy atom. The van der Waals surface area contributed by atoms with Crippen molar-refractivity contribution in [2.75, 3.05) is 25.6 Å². The van der Waals surface area contributed by atoms with Crippen LogP contribution in [0.2, 0.25) is 10.2 Å². The molecule has 10 nitrogen and oxygen atoms in total. The number of methoxy groups -OCH3 is 1. The summed E-state index contributed by atoms with van der Waals surface area (Å²) in [5.74, 6) is -0.335. The number of hydrogen-bond donors (Lipinski definition) is 1. The number of aromatic nitrogens is 3. The largest absolute Gasteiger partial charge is 0.497 e. The fraction of sp³-hybridized carbons (Fsp3) is 0.250. The molecule has 0 aliphatic carbocycles. The molecule has 1 aliphatic rings. The maximum absolute atomic E-state index is 11.9. The van der Waals surface area contributed by atoms with Crippen molar-refractivity contribution in [3.8, 4) is 11.4 Å². The average molecular weight is 480 g/mol. The highest BCUT2D eigenvalue weighted by molar-refractivity contribution is 6.31. The smallest absolute Gasteiger partial charge is 0.323 e. The van der Waals surface area contributed by atoms with Crippen LogP contribution < -0.4 is 9.80 Å². The monoisotopic (exact) mass is 479 g/mol. The van der Waals surface area contributed by atoms with Gasteiger partial charge in [0.2, 0.25) is 0 Å². The van der Waals surface area contributed by atoms with Crippen molar-refractivity contribution >= 4 is 34.9 Å². The molecule has 12 heteroatoms. The van der Waals surface area contributed by atoms with Gasteiger partial charge in [0.15, 0.2) is 18.6 Å². The zero-order chi connectivity index (χ0) is 22.7. The van der Waals surface area contributed by atoms with E-state index >= 15 is 0 Å². The summed E-state index contributed by atoms with van der Waals surface area (Å²) in [7, 11) is 1.57. The van der Waals surface area contributed by atoms with Crippen LogP contribution in [0.4, 0.5) is 5.69 Å². The molecule has 3 aromatic rings. The highest BCUT2D eigenvalue weighted by atomic mass is 35.5. The first-order valence-corrected chi connectivity index (χ1v) is 10.2. The molecule has 32 heavy (non-hydrogen) atoms. The number of carboxylic acid groups (broad SMARTS) is 1. The molecule has 1 aromatic heterocycles. The Labute approximate surface area is 193 Å². The number of benzene rings is 2. The Balaban J connectivity index is 1.48. The maximum atomic E-state index is 11.9. The first-order chi connectivity index (χ1) is 15.4. The van der Waals surface area contributed by atoms with Crippen molar-refractivity contribution < 1.29 is 24.3 Å². The standard InChI is InChI=1S/C20H19Cl2N5O5/c1-30-15-5-2-13(3-6-15)8-18(20(28)29)27-12-31-26(11-32-27)17-9-14(21)4-7-16(17)25-10-19(22)23-24-25/h2-7,9-10,18H,8,11-12H2,1H3,(H,28,29). The molecule has 1 saturated heterocycles. The molecule has 0 saturated carbocycles. The number of hydroxylamine groups is 3. The van der Waals surface area contributed by atoms with Crippen LogP contribution in [0.25, 0.3) is 5.69 Å². The molecule has 0 bridgehead atoms. The van der Waals surface area contributed by atoms with Gasteiger partial charge in [0.25, 0.3) is 0 Å². The number of anilines is 1. The van der Waals surface area contributed by atoms with Crippen LogP contribution >= 0.6 is 23.2 Å². The molecule has 0 radical (unpaired) electrons. The molecule has 1 unspecified atom stereocenters. The van der Waals surface area contributed by atoms with Gasteiger partial charge in [0, 0.05) is 11.4 Å². The van der Waals surface area contributed by atoms with Crippen LogP contribution in [0.3, 0.4) is 0 Å². The number of halogens is 2. The average Bonchev–Trinajstić information content (AvgIpc) is 3.24. The van der Waals surface area contributed by atoms with Crippen molar-refractivity contribution in [1.82, 2.24) is 20.1 Å². The van der Waals surface area contributed by atoms with Gasteiger partial charge in [-0.1, -0.05) is 40.5 Å². The lowest BCUT2D eigenvalue weighted by Crippen LogP contribution is -2.51. The van der Waals surface area contributed by atoms with Gasteiger partial charge >= 0.3 is 5.97 Å².